The largest absolute Gasteiger partial charge is 0.456 e. The third-order valence-corrected chi connectivity index (χ3v) is 7.62. The lowest BCUT2D eigenvalue weighted by Crippen LogP contribution is -2.71. The molecule has 0 spiro atoms. The second kappa shape index (κ2) is 9.71. The fourth-order valence-corrected chi connectivity index (χ4v) is 5.28. The predicted octanol–water partition coefficient (Wildman–Crippen LogP) is 1.90. The minimum Gasteiger partial charge on any atom is -0.456 e. The van der Waals surface area contributed by atoms with Crippen LogP contribution < -0.4 is 5.32 Å². The van der Waals surface area contributed by atoms with Gasteiger partial charge in [0.1, 0.15) is 23.7 Å². The summed E-state index contributed by atoms with van der Waals surface area (Å²) < 4.78 is 5.78. The molecule has 10 nitrogen and oxygen atoms in total. The van der Waals surface area contributed by atoms with E-state index < -0.39 is 39.4 Å². The van der Waals surface area contributed by atoms with Crippen LogP contribution in [0.2, 0.25) is 0 Å². The third kappa shape index (κ3) is 4.70. The molecule has 0 aliphatic carbocycles. The van der Waals surface area contributed by atoms with E-state index in [4.69, 9.17) is 10.00 Å². The molecular weight excluding hydrogens is 512 g/mol. The van der Waals surface area contributed by atoms with E-state index in [1.165, 1.54) is 40.9 Å². The maximum atomic E-state index is 12.7. The van der Waals surface area contributed by atoms with Gasteiger partial charge >= 0.3 is 5.97 Å². The molecule has 1 fully saturated rings. The monoisotopic (exact) mass is 526 g/mol. The molecule has 2 heterocycles. The zero-order valence-corrected chi connectivity index (χ0v) is 19.2. The molecule has 0 bridgehead atoms. The van der Waals surface area contributed by atoms with Crippen molar-refractivity contribution in [1.82, 2.24) is 10.2 Å². The fourth-order valence-electron chi connectivity index (χ4n) is 2.95. The first-order valence-electron chi connectivity index (χ1n) is 8.75. The highest BCUT2D eigenvalue weighted by Gasteiger charge is 2.54. The first kappa shape index (κ1) is 23.1. The van der Waals surface area contributed by atoms with E-state index in [0.717, 1.165) is 11.8 Å². The minimum absolute atomic E-state index is 0.0582. The van der Waals surface area contributed by atoms with Gasteiger partial charge in [0.15, 0.2) is 5.25 Å². The normalized spacial score (nSPS) is 20.8. The lowest BCUT2D eigenvalue weighted by molar-refractivity contribution is -0.384. The fraction of sp³-hybridized carbons (Fsp3) is 0.333. The van der Waals surface area contributed by atoms with Gasteiger partial charge in [-0.05, 0) is 24.0 Å². The summed E-state index contributed by atoms with van der Waals surface area (Å²) in [6, 6.07) is 6.59. The standard InChI is InChI=1S/C18H15BrN4O6S2/c1-30-12(6-20)15(24)21-13-16(25)22-14(11(19)8-31-17(13)22)18(26)29-7-9-2-4-10(5-3-9)23(27)28/h2-5,12-13,17H,7-8H2,1H3,(H,21,24)/t12?,13?,17-/m0/s1. The van der Waals surface area contributed by atoms with Crippen molar-refractivity contribution in [2.45, 2.75) is 23.3 Å². The zero-order chi connectivity index (χ0) is 22.7. The zero-order valence-electron chi connectivity index (χ0n) is 15.9. The van der Waals surface area contributed by atoms with Crippen molar-refractivity contribution in [3.8, 4) is 6.07 Å². The molecule has 0 aromatic heterocycles. The van der Waals surface area contributed by atoms with Crippen LogP contribution in [-0.2, 0) is 25.7 Å². The Morgan fingerprint density at radius 1 is 1.48 bits per heavy atom. The summed E-state index contributed by atoms with van der Waals surface area (Å²) in [7, 11) is 0. The van der Waals surface area contributed by atoms with Crippen LogP contribution in [0.25, 0.3) is 0 Å². The Labute approximate surface area is 193 Å². The molecule has 13 heteroatoms. The predicted molar refractivity (Wildman–Crippen MR) is 117 cm³/mol. The number of thioether (sulfide) groups is 2. The summed E-state index contributed by atoms with van der Waals surface area (Å²) in [6.45, 7) is -0.127. The van der Waals surface area contributed by atoms with E-state index in [1.54, 1.807) is 6.26 Å². The number of nitro benzene ring substituents is 1. The summed E-state index contributed by atoms with van der Waals surface area (Å²) in [5, 5.41) is 20.9. The SMILES string of the molecule is CSC(C#N)C(=O)NC1C(=O)N2C(C(=O)OCc3ccc([N+](=O)[O-])cc3)=C(Br)CS[C@@H]12. The second-order valence-corrected chi connectivity index (χ2v) is 9.40. The number of hydrogen-bond donors (Lipinski definition) is 1. The third-order valence-electron chi connectivity index (χ3n) is 4.52. The Balaban J connectivity index is 1.66. The van der Waals surface area contributed by atoms with Crippen LogP contribution in [0.15, 0.2) is 34.4 Å². The number of nitro groups is 1. The molecule has 1 aromatic rings. The van der Waals surface area contributed by atoms with Gasteiger partial charge in [0, 0.05) is 22.4 Å². The van der Waals surface area contributed by atoms with E-state index in [0.29, 0.717) is 15.8 Å². The quantitative estimate of drug-likeness (QED) is 0.243. The molecule has 1 aromatic carbocycles. The first-order valence-corrected chi connectivity index (χ1v) is 11.9. The number of halogens is 1. The number of rotatable bonds is 7. The van der Waals surface area contributed by atoms with Crippen molar-refractivity contribution >= 4 is 62.9 Å². The van der Waals surface area contributed by atoms with Crippen molar-refractivity contribution in [2.75, 3.05) is 12.0 Å². The van der Waals surface area contributed by atoms with Crippen LogP contribution >= 0.6 is 39.5 Å². The molecule has 2 aliphatic heterocycles. The number of carbonyl (C=O) groups excluding carboxylic acids is 3. The number of fused-ring (bicyclic) bond motifs is 1. The molecule has 3 rings (SSSR count). The van der Waals surface area contributed by atoms with E-state index in [1.807, 2.05) is 6.07 Å². The minimum atomic E-state index is -0.927. The Morgan fingerprint density at radius 3 is 2.74 bits per heavy atom. The number of nitrogens with zero attached hydrogens (tertiary/aromatic N) is 3. The van der Waals surface area contributed by atoms with Gasteiger partial charge in [0.25, 0.3) is 11.6 Å². The summed E-state index contributed by atoms with van der Waals surface area (Å²) in [6.07, 6.45) is 1.62. The molecule has 31 heavy (non-hydrogen) atoms. The van der Waals surface area contributed by atoms with E-state index in [-0.39, 0.29) is 18.0 Å². The van der Waals surface area contributed by atoms with Crippen molar-refractivity contribution in [3.05, 3.63) is 50.1 Å². The molecule has 3 atom stereocenters. The molecule has 0 radical (unpaired) electrons. The number of benzene rings is 1. The number of carbonyl (C=O) groups is 3. The van der Waals surface area contributed by atoms with Crippen molar-refractivity contribution < 1.29 is 24.0 Å². The second-order valence-electron chi connectivity index (χ2n) is 6.39. The molecule has 1 saturated heterocycles. The van der Waals surface area contributed by atoms with Gasteiger partial charge < -0.3 is 10.1 Å². The molecule has 1 N–H and O–H groups in total. The van der Waals surface area contributed by atoms with Crippen LogP contribution in [-0.4, -0.2) is 56.3 Å². The van der Waals surface area contributed by atoms with Crippen molar-refractivity contribution in [1.29, 1.82) is 5.26 Å². The maximum absolute atomic E-state index is 12.7. The Hall–Kier alpha value is -2.56. The van der Waals surface area contributed by atoms with Crippen LogP contribution in [0.3, 0.4) is 0 Å². The number of hydrogen-bond acceptors (Lipinski definition) is 9. The number of ether oxygens (including phenoxy) is 1. The lowest BCUT2D eigenvalue weighted by Gasteiger charge is -2.49. The highest BCUT2D eigenvalue weighted by molar-refractivity contribution is 9.11. The van der Waals surface area contributed by atoms with E-state index in [9.17, 15) is 24.5 Å². The first-order chi connectivity index (χ1) is 14.8. The van der Waals surface area contributed by atoms with Gasteiger partial charge in [-0.2, -0.15) is 5.26 Å². The van der Waals surface area contributed by atoms with Crippen LogP contribution in [0.5, 0.6) is 0 Å². The topological polar surface area (TPSA) is 143 Å². The lowest BCUT2D eigenvalue weighted by atomic mass is 10.0. The Bertz CT molecular complexity index is 1010. The van der Waals surface area contributed by atoms with Crippen LogP contribution in [0.1, 0.15) is 5.56 Å². The van der Waals surface area contributed by atoms with Crippen LogP contribution in [0, 0.1) is 21.4 Å². The Kier molecular flexibility index (Phi) is 7.24. The van der Waals surface area contributed by atoms with Crippen LogP contribution in [0.4, 0.5) is 5.69 Å². The molecule has 162 valence electrons. The Morgan fingerprint density at radius 2 is 2.16 bits per heavy atom. The van der Waals surface area contributed by atoms with Gasteiger partial charge in [-0.25, -0.2) is 4.79 Å². The van der Waals surface area contributed by atoms with Gasteiger partial charge in [0.2, 0.25) is 5.91 Å². The molecule has 2 unspecified atom stereocenters. The number of non-ortho nitro benzene ring substituents is 1. The highest BCUT2D eigenvalue weighted by atomic mass is 79.9. The smallest absolute Gasteiger partial charge is 0.356 e. The van der Waals surface area contributed by atoms with E-state index in [2.05, 4.69) is 21.2 Å². The molecule has 2 amide bonds. The van der Waals surface area contributed by atoms with Gasteiger partial charge in [-0.3, -0.25) is 24.6 Å². The molecule has 0 saturated carbocycles. The maximum Gasteiger partial charge on any atom is 0.356 e. The number of nitriles is 1. The van der Waals surface area contributed by atoms with E-state index >= 15 is 0 Å². The number of amides is 2. The average molecular weight is 527 g/mol. The number of esters is 1. The summed E-state index contributed by atoms with van der Waals surface area (Å²) in [4.78, 5) is 48.9. The number of nitrogens with one attached hydrogen (secondary N) is 1. The summed E-state index contributed by atoms with van der Waals surface area (Å²) in [5.41, 5.74) is 0.534. The molecule has 2 aliphatic rings. The van der Waals surface area contributed by atoms with Crippen molar-refractivity contribution in [3.63, 3.8) is 0 Å². The van der Waals surface area contributed by atoms with Crippen molar-refractivity contribution in [2.24, 2.45) is 0 Å². The highest BCUT2D eigenvalue weighted by Crippen LogP contribution is 2.42. The molecular formula is C18H15BrN4O6S2. The van der Waals surface area contributed by atoms with Gasteiger partial charge in [-0.15, -0.1) is 23.5 Å². The number of β-lactam (4-membered cyclic amide) rings is 1. The van der Waals surface area contributed by atoms with Gasteiger partial charge in [-0.1, -0.05) is 15.9 Å². The van der Waals surface area contributed by atoms with Gasteiger partial charge in [0.05, 0.1) is 11.0 Å². The average Bonchev–Trinajstić information content (AvgIpc) is 2.76. The summed E-state index contributed by atoms with van der Waals surface area (Å²) in [5.74, 6) is -1.35. The summed E-state index contributed by atoms with van der Waals surface area (Å²) >= 11 is 5.74.